The molecule has 1 aliphatic heterocycles. The molecule has 1 aliphatic rings. The molecule has 2 unspecified atom stereocenters. The van der Waals surface area contributed by atoms with E-state index in [9.17, 15) is 24.3 Å². The van der Waals surface area contributed by atoms with E-state index in [1.165, 1.54) is 0 Å². The van der Waals surface area contributed by atoms with Gasteiger partial charge in [-0.25, -0.2) is 4.79 Å². The van der Waals surface area contributed by atoms with Gasteiger partial charge in [0.2, 0.25) is 0 Å². The summed E-state index contributed by atoms with van der Waals surface area (Å²) in [6, 6.07) is 7.63. The molecule has 2 rings (SSSR count). The molecular weight excluding hydrogens is 332 g/mol. The van der Waals surface area contributed by atoms with Crippen LogP contribution in [-0.4, -0.2) is 46.1 Å². The number of hydrogen-bond donors (Lipinski definition) is 2. The van der Waals surface area contributed by atoms with Crippen LogP contribution in [0.1, 0.15) is 24.8 Å². The Morgan fingerprint density at radius 1 is 1.12 bits per heavy atom. The highest BCUT2D eigenvalue weighted by atomic mass is 16.7. The molecule has 0 spiro atoms. The number of nitrogens with zero attached hydrogens (tertiary/aromatic N) is 1. The molecule has 9 heteroatoms. The molecule has 25 heavy (non-hydrogen) atoms. The first-order valence-corrected chi connectivity index (χ1v) is 7.60. The van der Waals surface area contributed by atoms with Gasteiger partial charge in [0.1, 0.15) is 12.6 Å². The molecule has 0 radical (unpaired) electrons. The Kier molecular flexibility index (Phi) is 6.20. The van der Waals surface area contributed by atoms with Crippen molar-refractivity contribution in [2.24, 2.45) is 5.73 Å². The number of benzene rings is 1. The molecule has 0 saturated carbocycles. The number of hydroxylamine groups is 2. The zero-order valence-corrected chi connectivity index (χ0v) is 13.3. The van der Waals surface area contributed by atoms with Gasteiger partial charge in [0.05, 0.1) is 0 Å². The van der Waals surface area contributed by atoms with Gasteiger partial charge in [0.15, 0.2) is 6.10 Å². The smallest absolute Gasteiger partial charge is 0.361 e. The van der Waals surface area contributed by atoms with Crippen molar-refractivity contribution in [2.45, 2.75) is 38.0 Å². The number of nitrogens with two attached hydrogens (primary N) is 1. The van der Waals surface area contributed by atoms with Crippen molar-refractivity contribution >= 4 is 23.8 Å². The third-order valence-electron chi connectivity index (χ3n) is 3.46. The van der Waals surface area contributed by atoms with E-state index in [4.69, 9.17) is 10.5 Å². The van der Waals surface area contributed by atoms with Gasteiger partial charge in [-0.2, -0.15) is 0 Å². The highest BCUT2D eigenvalue weighted by Gasteiger charge is 2.35. The Balaban J connectivity index is 1.79. The molecule has 1 heterocycles. The first-order valence-electron chi connectivity index (χ1n) is 7.60. The first kappa shape index (κ1) is 18.6. The lowest BCUT2D eigenvalue weighted by molar-refractivity contribution is -0.203. The lowest BCUT2D eigenvalue weighted by atomic mass is 10.1. The number of esters is 1. The zero-order valence-electron chi connectivity index (χ0n) is 13.3. The second-order valence-corrected chi connectivity index (χ2v) is 5.44. The molecule has 2 amide bonds. The normalized spacial score (nSPS) is 16.5. The van der Waals surface area contributed by atoms with E-state index in [1.807, 2.05) is 6.07 Å². The van der Waals surface area contributed by atoms with E-state index in [0.29, 0.717) is 5.06 Å². The predicted molar refractivity (Wildman–Crippen MR) is 82.0 cm³/mol. The lowest BCUT2D eigenvalue weighted by Crippen LogP contribution is -2.41. The van der Waals surface area contributed by atoms with Crippen LogP contribution in [0.5, 0.6) is 0 Å². The number of aliphatic hydroxyl groups is 1. The fourth-order valence-corrected chi connectivity index (χ4v) is 2.08. The highest BCUT2D eigenvalue weighted by Crippen LogP contribution is 2.13. The Morgan fingerprint density at radius 2 is 1.72 bits per heavy atom. The monoisotopic (exact) mass is 350 g/mol. The topological polar surface area (TPSA) is 136 Å². The summed E-state index contributed by atoms with van der Waals surface area (Å²) in [6.45, 7) is 0.00466. The van der Waals surface area contributed by atoms with E-state index in [0.717, 1.165) is 5.56 Å². The van der Waals surface area contributed by atoms with Gasteiger partial charge in [0, 0.05) is 19.3 Å². The van der Waals surface area contributed by atoms with Gasteiger partial charge in [-0.3, -0.25) is 14.4 Å². The molecule has 0 aliphatic carbocycles. The third kappa shape index (κ3) is 5.10. The summed E-state index contributed by atoms with van der Waals surface area (Å²) in [7, 11) is 0. The van der Waals surface area contributed by atoms with Gasteiger partial charge in [-0.05, 0) is 5.56 Å². The number of hydrogen-bond acceptors (Lipinski definition) is 8. The van der Waals surface area contributed by atoms with Crippen molar-refractivity contribution < 1.29 is 33.9 Å². The van der Waals surface area contributed by atoms with Gasteiger partial charge in [0.25, 0.3) is 11.8 Å². The minimum absolute atomic E-state index is 0.00466. The molecule has 1 fully saturated rings. The fourth-order valence-electron chi connectivity index (χ4n) is 2.08. The van der Waals surface area contributed by atoms with Crippen LogP contribution < -0.4 is 5.73 Å². The second kappa shape index (κ2) is 8.36. The summed E-state index contributed by atoms with van der Waals surface area (Å²) in [5.74, 6) is -3.38. The number of ether oxygens (including phenoxy) is 1. The maximum absolute atomic E-state index is 11.8. The number of rotatable bonds is 7. The van der Waals surface area contributed by atoms with Crippen molar-refractivity contribution in [3.8, 4) is 0 Å². The minimum Gasteiger partial charge on any atom is -0.460 e. The molecule has 1 aromatic carbocycles. The molecule has 1 saturated heterocycles. The molecule has 2 atom stereocenters. The molecule has 0 bridgehead atoms. The molecule has 1 aromatic rings. The standard InChI is InChI=1S/C16H18N2O7/c17-11(15(22)24-9-10-4-2-1-3-5-10)8-12(19)16(23)25-18-13(20)6-7-14(18)21/h1-5,11-12,19H,6-9,17H2. The summed E-state index contributed by atoms with van der Waals surface area (Å²) < 4.78 is 4.99. The second-order valence-electron chi connectivity index (χ2n) is 5.44. The van der Waals surface area contributed by atoms with Crippen LogP contribution in [0.3, 0.4) is 0 Å². The molecule has 9 nitrogen and oxygen atoms in total. The van der Waals surface area contributed by atoms with Crippen molar-refractivity contribution in [3.05, 3.63) is 35.9 Å². The summed E-state index contributed by atoms with van der Waals surface area (Å²) in [5.41, 5.74) is 6.35. The molecule has 0 aromatic heterocycles. The molecular formula is C16H18N2O7. The average molecular weight is 350 g/mol. The van der Waals surface area contributed by atoms with Crippen molar-refractivity contribution in [2.75, 3.05) is 0 Å². The van der Waals surface area contributed by atoms with Crippen molar-refractivity contribution in [3.63, 3.8) is 0 Å². The van der Waals surface area contributed by atoms with Crippen LogP contribution in [0.25, 0.3) is 0 Å². The van der Waals surface area contributed by atoms with Crippen LogP contribution in [-0.2, 0) is 35.4 Å². The summed E-state index contributed by atoms with van der Waals surface area (Å²) in [6.07, 6.45) is -2.37. The number of aliphatic hydroxyl groups excluding tert-OH is 1. The number of imide groups is 1. The van der Waals surface area contributed by atoms with Crippen molar-refractivity contribution in [1.29, 1.82) is 0 Å². The molecule has 3 N–H and O–H groups in total. The maximum atomic E-state index is 11.8. The quantitative estimate of drug-likeness (QED) is 0.492. The van der Waals surface area contributed by atoms with E-state index < -0.39 is 42.3 Å². The summed E-state index contributed by atoms with van der Waals surface area (Å²) in [4.78, 5) is 50.7. The van der Waals surface area contributed by atoms with E-state index in [2.05, 4.69) is 4.84 Å². The Morgan fingerprint density at radius 3 is 2.32 bits per heavy atom. The van der Waals surface area contributed by atoms with Crippen LogP contribution >= 0.6 is 0 Å². The zero-order chi connectivity index (χ0) is 18.4. The van der Waals surface area contributed by atoms with E-state index in [-0.39, 0.29) is 19.4 Å². The predicted octanol–water partition coefficient (Wildman–Crippen LogP) is -0.585. The largest absolute Gasteiger partial charge is 0.460 e. The summed E-state index contributed by atoms with van der Waals surface area (Å²) >= 11 is 0. The van der Waals surface area contributed by atoms with E-state index in [1.54, 1.807) is 24.3 Å². The number of carbonyl (C=O) groups excluding carboxylic acids is 4. The van der Waals surface area contributed by atoms with Gasteiger partial charge in [-0.15, -0.1) is 5.06 Å². The fraction of sp³-hybridized carbons (Fsp3) is 0.375. The van der Waals surface area contributed by atoms with Gasteiger partial charge >= 0.3 is 11.9 Å². The van der Waals surface area contributed by atoms with Crippen LogP contribution in [0.15, 0.2) is 30.3 Å². The average Bonchev–Trinajstić information content (AvgIpc) is 2.92. The minimum atomic E-state index is -1.78. The maximum Gasteiger partial charge on any atom is 0.361 e. The Bertz CT molecular complexity index is 646. The third-order valence-corrected chi connectivity index (χ3v) is 3.46. The molecule has 134 valence electrons. The van der Waals surface area contributed by atoms with Crippen LogP contribution in [0.4, 0.5) is 0 Å². The van der Waals surface area contributed by atoms with E-state index >= 15 is 0 Å². The highest BCUT2D eigenvalue weighted by molar-refractivity contribution is 6.01. The number of carbonyl (C=O) groups is 4. The lowest BCUT2D eigenvalue weighted by Gasteiger charge is -2.17. The van der Waals surface area contributed by atoms with Crippen LogP contribution in [0, 0.1) is 0 Å². The summed E-state index contributed by atoms with van der Waals surface area (Å²) in [5, 5.41) is 10.1. The SMILES string of the molecule is NC(CC(O)C(=O)ON1C(=O)CCC1=O)C(=O)OCc1ccccc1. The van der Waals surface area contributed by atoms with Gasteiger partial charge < -0.3 is 20.4 Å². The Hall–Kier alpha value is -2.78. The van der Waals surface area contributed by atoms with Crippen LogP contribution in [0.2, 0.25) is 0 Å². The van der Waals surface area contributed by atoms with Crippen molar-refractivity contribution in [1.82, 2.24) is 5.06 Å². The Labute approximate surface area is 143 Å². The van der Waals surface area contributed by atoms with Gasteiger partial charge in [-0.1, -0.05) is 30.3 Å². The number of amides is 2. The first-order chi connectivity index (χ1) is 11.9.